The molecule has 2 amide bonds. The van der Waals surface area contributed by atoms with Crippen LogP contribution in [0.2, 0.25) is 0 Å². The first-order valence-electron chi connectivity index (χ1n) is 8.35. The summed E-state index contributed by atoms with van der Waals surface area (Å²) in [6.07, 6.45) is 0.459. The quantitative estimate of drug-likeness (QED) is 0.626. The van der Waals surface area contributed by atoms with Gasteiger partial charge in [-0.05, 0) is 29.7 Å². The van der Waals surface area contributed by atoms with E-state index in [4.69, 9.17) is 10.5 Å². The molecule has 2 rings (SSSR count). The normalized spacial score (nSPS) is 11.9. The standard InChI is InChI=1S/C17H22N6O4/c1-10(2)8-13(17(26)27-3)19-14(24)9-23-21-16(20-22-23)12-6-4-11(5-7-12)15(18)25/h4-7,10,13H,8-9H2,1-3H3,(H2,18,25)(H,19,24)/t13-/m0/s1. The zero-order valence-corrected chi connectivity index (χ0v) is 15.4. The summed E-state index contributed by atoms with van der Waals surface area (Å²) in [5.41, 5.74) is 6.19. The highest BCUT2D eigenvalue weighted by Crippen LogP contribution is 2.14. The maximum atomic E-state index is 12.2. The summed E-state index contributed by atoms with van der Waals surface area (Å²) < 4.78 is 4.72. The number of carbonyl (C=O) groups excluding carboxylic acids is 3. The van der Waals surface area contributed by atoms with Crippen LogP contribution in [-0.2, 0) is 20.9 Å². The van der Waals surface area contributed by atoms with E-state index in [-0.39, 0.29) is 12.5 Å². The van der Waals surface area contributed by atoms with Crippen molar-refractivity contribution in [3.05, 3.63) is 29.8 Å². The van der Waals surface area contributed by atoms with Crippen molar-refractivity contribution in [3.63, 3.8) is 0 Å². The first kappa shape index (κ1) is 20.0. The SMILES string of the molecule is COC(=O)[C@H](CC(C)C)NC(=O)Cn1nnc(-c2ccc(C(N)=O)cc2)n1. The molecule has 1 atom stereocenters. The van der Waals surface area contributed by atoms with Crippen LogP contribution in [0.25, 0.3) is 11.4 Å². The van der Waals surface area contributed by atoms with Crippen molar-refractivity contribution in [2.45, 2.75) is 32.9 Å². The van der Waals surface area contributed by atoms with Gasteiger partial charge in [-0.3, -0.25) is 9.59 Å². The van der Waals surface area contributed by atoms with E-state index >= 15 is 0 Å². The van der Waals surface area contributed by atoms with E-state index in [9.17, 15) is 14.4 Å². The lowest BCUT2D eigenvalue weighted by atomic mass is 10.0. The summed E-state index contributed by atoms with van der Waals surface area (Å²) in [5, 5.41) is 14.5. The fourth-order valence-electron chi connectivity index (χ4n) is 2.41. The molecule has 1 heterocycles. The van der Waals surface area contributed by atoms with Crippen molar-refractivity contribution >= 4 is 17.8 Å². The fraction of sp³-hybridized carbons (Fsp3) is 0.412. The van der Waals surface area contributed by atoms with Crippen LogP contribution in [0.3, 0.4) is 0 Å². The van der Waals surface area contributed by atoms with Crippen LogP contribution in [0.15, 0.2) is 24.3 Å². The van der Waals surface area contributed by atoms with Gasteiger partial charge in [0.05, 0.1) is 7.11 Å². The smallest absolute Gasteiger partial charge is 0.328 e. The fourth-order valence-corrected chi connectivity index (χ4v) is 2.41. The first-order valence-corrected chi connectivity index (χ1v) is 8.35. The molecule has 1 aromatic heterocycles. The molecule has 10 heteroatoms. The van der Waals surface area contributed by atoms with Crippen molar-refractivity contribution in [3.8, 4) is 11.4 Å². The highest BCUT2D eigenvalue weighted by Gasteiger charge is 2.23. The van der Waals surface area contributed by atoms with Gasteiger partial charge in [-0.1, -0.05) is 26.0 Å². The monoisotopic (exact) mass is 374 g/mol. The van der Waals surface area contributed by atoms with E-state index in [1.807, 2.05) is 13.8 Å². The van der Waals surface area contributed by atoms with Gasteiger partial charge in [0.1, 0.15) is 12.6 Å². The average Bonchev–Trinajstić information content (AvgIpc) is 3.08. The Labute approximate surface area is 156 Å². The molecule has 2 aromatic rings. The molecule has 0 spiro atoms. The van der Waals surface area contributed by atoms with E-state index in [1.165, 1.54) is 7.11 Å². The second-order valence-electron chi connectivity index (χ2n) is 6.36. The highest BCUT2D eigenvalue weighted by molar-refractivity contribution is 5.93. The second kappa shape index (κ2) is 8.88. The summed E-state index contributed by atoms with van der Waals surface area (Å²) in [6, 6.07) is 5.65. The summed E-state index contributed by atoms with van der Waals surface area (Å²) in [4.78, 5) is 36.2. The van der Waals surface area contributed by atoms with E-state index in [1.54, 1.807) is 24.3 Å². The molecule has 0 aliphatic rings. The number of aromatic nitrogens is 4. The number of ether oxygens (including phenoxy) is 1. The molecule has 0 bridgehead atoms. The number of esters is 1. The second-order valence-corrected chi connectivity index (χ2v) is 6.36. The minimum Gasteiger partial charge on any atom is -0.467 e. The zero-order chi connectivity index (χ0) is 20.0. The number of nitrogens with one attached hydrogen (secondary N) is 1. The number of rotatable bonds is 8. The summed E-state index contributed by atoms with van der Waals surface area (Å²) in [5.74, 6) is -0.964. The Morgan fingerprint density at radius 1 is 1.22 bits per heavy atom. The van der Waals surface area contributed by atoms with Crippen LogP contribution in [0.1, 0.15) is 30.6 Å². The van der Waals surface area contributed by atoms with Gasteiger partial charge in [-0.25, -0.2) is 4.79 Å². The molecule has 144 valence electrons. The average molecular weight is 374 g/mol. The predicted molar refractivity (Wildman–Crippen MR) is 95.2 cm³/mol. The molecule has 3 N–H and O–H groups in total. The Bertz CT molecular complexity index is 815. The molecule has 0 fully saturated rings. The number of carbonyl (C=O) groups is 3. The Kier molecular flexibility index (Phi) is 6.58. The molecule has 0 saturated carbocycles. The zero-order valence-electron chi connectivity index (χ0n) is 15.4. The minimum absolute atomic E-state index is 0.196. The van der Waals surface area contributed by atoms with Crippen molar-refractivity contribution in [2.24, 2.45) is 11.7 Å². The maximum absolute atomic E-state index is 12.2. The third-order valence-electron chi connectivity index (χ3n) is 3.69. The molecule has 10 nitrogen and oxygen atoms in total. The molecule has 27 heavy (non-hydrogen) atoms. The van der Waals surface area contributed by atoms with E-state index in [0.29, 0.717) is 23.4 Å². The molecular weight excluding hydrogens is 352 g/mol. The van der Waals surface area contributed by atoms with Crippen LogP contribution in [-0.4, -0.2) is 51.1 Å². The van der Waals surface area contributed by atoms with E-state index in [0.717, 1.165) is 4.80 Å². The topological polar surface area (TPSA) is 142 Å². The number of hydrogen-bond donors (Lipinski definition) is 2. The maximum Gasteiger partial charge on any atom is 0.328 e. The van der Waals surface area contributed by atoms with Crippen molar-refractivity contribution in [2.75, 3.05) is 7.11 Å². The molecule has 0 aliphatic heterocycles. The minimum atomic E-state index is -0.730. The first-order chi connectivity index (χ1) is 12.8. The van der Waals surface area contributed by atoms with Crippen LogP contribution >= 0.6 is 0 Å². The molecule has 0 radical (unpaired) electrons. The number of methoxy groups -OCH3 is 1. The summed E-state index contributed by atoms with van der Waals surface area (Å²) in [7, 11) is 1.27. The summed E-state index contributed by atoms with van der Waals surface area (Å²) >= 11 is 0. The van der Waals surface area contributed by atoms with Crippen molar-refractivity contribution in [1.29, 1.82) is 0 Å². The van der Waals surface area contributed by atoms with Crippen LogP contribution in [0, 0.1) is 5.92 Å². The van der Waals surface area contributed by atoms with Crippen molar-refractivity contribution in [1.82, 2.24) is 25.5 Å². The van der Waals surface area contributed by atoms with Gasteiger partial charge in [-0.15, -0.1) is 10.2 Å². The van der Waals surface area contributed by atoms with Crippen LogP contribution < -0.4 is 11.1 Å². The number of nitrogens with two attached hydrogens (primary N) is 1. The van der Waals surface area contributed by atoms with Gasteiger partial charge < -0.3 is 15.8 Å². The van der Waals surface area contributed by atoms with Gasteiger partial charge in [0, 0.05) is 11.1 Å². The Hall–Kier alpha value is -3.30. The van der Waals surface area contributed by atoms with Crippen LogP contribution in [0.4, 0.5) is 0 Å². The van der Waals surface area contributed by atoms with Crippen LogP contribution in [0.5, 0.6) is 0 Å². The highest BCUT2D eigenvalue weighted by atomic mass is 16.5. The summed E-state index contributed by atoms with van der Waals surface area (Å²) in [6.45, 7) is 3.69. The van der Waals surface area contributed by atoms with E-state index < -0.39 is 23.8 Å². The number of amides is 2. The lowest BCUT2D eigenvalue weighted by Crippen LogP contribution is -2.43. The van der Waals surface area contributed by atoms with Gasteiger partial charge in [0.15, 0.2) is 0 Å². The number of tetrazole rings is 1. The number of primary amides is 1. The number of benzene rings is 1. The van der Waals surface area contributed by atoms with Gasteiger partial charge in [0.25, 0.3) is 0 Å². The van der Waals surface area contributed by atoms with Gasteiger partial charge in [-0.2, -0.15) is 4.80 Å². The third kappa shape index (κ3) is 5.59. The lowest BCUT2D eigenvalue weighted by Gasteiger charge is -2.17. The number of nitrogens with zero attached hydrogens (tertiary/aromatic N) is 4. The van der Waals surface area contributed by atoms with Gasteiger partial charge in [0.2, 0.25) is 17.6 Å². The van der Waals surface area contributed by atoms with Gasteiger partial charge >= 0.3 is 5.97 Å². The van der Waals surface area contributed by atoms with E-state index in [2.05, 4.69) is 20.7 Å². The third-order valence-corrected chi connectivity index (χ3v) is 3.69. The Morgan fingerprint density at radius 3 is 2.44 bits per heavy atom. The predicted octanol–water partition coefficient (Wildman–Crippen LogP) is 0.143. The molecule has 0 unspecified atom stereocenters. The largest absolute Gasteiger partial charge is 0.467 e. The molecule has 1 aromatic carbocycles. The Balaban J connectivity index is 2.02. The Morgan fingerprint density at radius 2 is 1.89 bits per heavy atom. The molecule has 0 saturated heterocycles. The molecular formula is C17H22N6O4. The van der Waals surface area contributed by atoms with Crippen molar-refractivity contribution < 1.29 is 19.1 Å². The molecule has 0 aliphatic carbocycles. The lowest BCUT2D eigenvalue weighted by molar-refractivity contribution is -0.145. The number of hydrogen-bond acceptors (Lipinski definition) is 7.